The molecule has 0 bridgehead atoms. The van der Waals surface area contributed by atoms with E-state index in [0.717, 1.165) is 11.8 Å². The van der Waals surface area contributed by atoms with Gasteiger partial charge in [-0.05, 0) is 6.42 Å². The standard InChI is InChI=1S/C21H18ClF2N7O2S/c1-30(2)15(32)8-34-20-18(24)17(22)16(10-4-26-29-19(10)20)12-6-31-7-13(27-14(31)5-25-12)28-21(33)9-3-11(9)23/h4-7,9,11H,3,8H2,1-2H3,(H,26,29)(H,28,33). The second-order valence-electron chi connectivity index (χ2n) is 8.08. The lowest BCUT2D eigenvalue weighted by Gasteiger charge is -2.13. The minimum Gasteiger partial charge on any atom is -0.348 e. The summed E-state index contributed by atoms with van der Waals surface area (Å²) in [4.78, 5) is 34.2. The van der Waals surface area contributed by atoms with Crippen molar-refractivity contribution in [2.45, 2.75) is 17.5 Å². The maximum atomic E-state index is 15.3. The minimum atomic E-state index is -1.11. The molecule has 2 N–H and O–H groups in total. The van der Waals surface area contributed by atoms with E-state index in [9.17, 15) is 14.0 Å². The number of carbonyl (C=O) groups is 2. The number of H-pyrrole nitrogens is 1. The molecule has 176 valence electrons. The van der Waals surface area contributed by atoms with Crippen LogP contribution in [-0.4, -0.2) is 67.3 Å². The van der Waals surface area contributed by atoms with Gasteiger partial charge in [0.2, 0.25) is 11.8 Å². The van der Waals surface area contributed by atoms with Crippen molar-refractivity contribution in [3.8, 4) is 11.3 Å². The molecule has 1 fully saturated rings. The van der Waals surface area contributed by atoms with E-state index in [0.29, 0.717) is 27.8 Å². The van der Waals surface area contributed by atoms with Crippen LogP contribution in [0.25, 0.3) is 27.8 Å². The van der Waals surface area contributed by atoms with Crippen LogP contribution in [0.1, 0.15) is 6.42 Å². The van der Waals surface area contributed by atoms with Gasteiger partial charge in [0.15, 0.2) is 17.3 Å². The van der Waals surface area contributed by atoms with Gasteiger partial charge in [-0.3, -0.25) is 19.7 Å². The van der Waals surface area contributed by atoms with Crippen LogP contribution in [0.2, 0.25) is 5.02 Å². The first-order valence-corrected chi connectivity index (χ1v) is 11.6. The molecule has 13 heteroatoms. The van der Waals surface area contributed by atoms with Crippen LogP contribution in [0.5, 0.6) is 0 Å². The van der Waals surface area contributed by atoms with Gasteiger partial charge in [-0.15, -0.1) is 11.8 Å². The molecule has 1 aromatic carbocycles. The molecule has 0 spiro atoms. The smallest absolute Gasteiger partial charge is 0.232 e. The van der Waals surface area contributed by atoms with Crippen LogP contribution in [0.4, 0.5) is 14.6 Å². The van der Waals surface area contributed by atoms with E-state index in [-0.39, 0.29) is 33.8 Å². The van der Waals surface area contributed by atoms with E-state index in [1.807, 2.05) is 0 Å². The van der Waals surface area contributed by atoms with E-state index in [1.54, 1.807) is 30.9 Å². The summed E-state index contributed by atoms with van der Waals surface area (Å²) in [5, 5.41) is 9.79. The zero-order valence-corrected chi connectivity index (χ0v) is 19.5. The fourth-order valence-corrected chi connectivity index (χ4v) is 4.88. The molecule has 0 saturated heterocycles. The number of imidazole rings is 1. The number of nitrogens with one attached hydrogen (secondary N) is 2. The first-order valence-electron chi connectivity index (χ1n) is 10.2. The maximum Gasteiger partial charge on any atom is 0.232 e. The third-order valence-electron chi connectivity index (χ3n) is 5.48. The Morgan fingerprint density at radius 2 is 2.12 bits per heavy atom. The second-order valence-corrected chi connectivity index (χ2v) is 9.44. The Hall–Kier alpha value is -3.25. The number of nitrogens with zero attached hydrogens (tertiary/aromatic N) is 5. The van der Waals surface area contributed by atoms with E-state index >= 15 is 4.39 Å². The Labute approximate surface area is 200 Å². The van der Waals surface area contributed by atoms with Crippen LogP contribution in [0.3, 0.4) is 0 Å². The van der Waals surface area contributed by atoms with Crippen molar-refractivity contribution in [2.75, 3.05) is 25.2 Å². The predicted octanol–water partition coefficient (Wildman–Crippen LogP) is 3.54. The topological polar surface area (TPSA) is 108 Å². The number of hydrogen-bond donors (Lipinski definition) is 2. The fourth-order valence-electron chi connectivity index (χ4n) is 3.48. The van der Waals surface area contributed by atoms with Crippen molar-refractivity contribution in [1.29, 1.82) is 0 Å². The van der Waals surface area contributed by atoms with Gasteiger partial charge in [-0.1, -0.05) is 11.6 Å². The zero-order chi connectivity index (χ0) is 24.1. The molecule has 9 nitrogen and oxygen atoms in total. The summed E-state index contributed by atoms with van der Waals surface area (Å²) in [7, 11) is 3.25. The molecule has 2 amide bonds. The highest BCUT2D eigenvalue weighted by Crippen LogP contribution is 2.42. The van der Waals surface area contributed by atoms with Crippen molar-refractivity contribution in [1.82, 2.24) is 29.5 Å². The molecule has 3 heterocycles. The molecule has 0 radical (unpaired) electrons. The monoisotopic (exact) mass is 505 g/mol. The summed E-state index contributed by atoms with van der Waals surface area (Å²) in [6.45, 7) is 0. The number of alkyl halides is 1. The fraction of sp³-hybridized carbons (Fsp3) is 0.286. The summed E-state index contributed by atoms with van der Waals surface area (Å²) >= 11 is 7.47. The van der Waals surface area contributed by atoms with Crippen LogP contribution < -0.4 is 5.32 Å². The van der Waals surface area contributed by atoms with Crippen molar-refractivity contribution in [3.63, 3.8) is 0 Å². The summed E-state index contributed by atoms with van der Waals surface area (Å²) in [5.74, 6) is -1.63. The number of aromatic amines is 1. The molecule has 2 unspecified atom stereocenters. The van der Waals surface area contributed by atoms with Crippen molar-refractivity contribution in [3.05, 3.63) is 35.6 Å². The molecular formula is C21H18ClF2N7O2S. The number of anilines is 1. The number of rotatable bonds is 6. The van der Waals surface area contributed by atoms with E-state index < -0.39 is 23.8 Å². The van der Waals surface area contributed by atoms with E-state index in [2.05, 4.69) is 25.5 Å². The van der Waals surface area contributed by atoms with E-state index in [1.165, 1.54) is 17.3 Å². The predicted molar refractivity (Wildman–Crippen MR) is 124 cm³/mol. The summed E-state index contributed by atoms with van der Waals surface area (Å²) in [6.07, 6.45) is 5.24. The highest BCUT2D eigenvalue weighted by molar-refractivity contribution is 8.00. The number of carbonyl (C=O) groups excluding carboxylic acids is 2. The van der Waals surface area contributed by atoms with Gasteiger partial charge in [0, 0.05) is 31.2 Å². The minimum absolute atomic E-state index is 0.0332. The normalized spacial score (nSPS) is 17.3. The number of fused-ring (bicyclic) bond motifs is 2. The Kier molecular flexibility index (Phi) is 5.64. The van der Waals surface area contributed by atoms with Crippen LogP contribution in [-0.2, 0) is 9.59 Å². The highest BCUT2D eigenvalue weighted by Gasteiger charge is 2.43. The summed E-state index contributed by atoms with van der Waals surface area (Å²) in [5.41, 5.74) is 1.51. The third-order valence-corrected chi connectivity index (χ3v) is 6.90. The second kappa shape index (κ2) is 8.51. The molecule has 34 heavy (non-hydrogen) atoms. The lowest BCUT2D eigenvalue weighted by molar-refractivity contribution is -0.125. The van der Waals surface area contributed by atoms with Gasteiger partial charge in [0.05, 0.1) is 51.4 Å². The molecule has 3 aromatic heterocycles. The lowest BCUT2D eigenvalue weighted by Crippen LogP contribution is -2.23. The number of benzene rings is 1. The largest absolute Gasteiger partial charge is 0.348 e. The van der Waals surface area contributed by atoms with Gasteiger partial charge in [-0.25, -0.2) is 13.8 Å². The van der Waals surface area contributed by atoms with Gasteiger partial charge >= 0.3 is 0 Å². The van der Waals surface area contributed by atoms with Crippen LogP contribution in [0, 0.1) is 11.7 Å². The number of hydrogen-bond acceptors (Lipinski definition) is 6. The van der Waals surface area contributed by atoms with Crippen molar-refractivity contribution >= 4 is 57.5 Å². The van der Waals surface area contributed by atoms with Gasteiger partial charge in [-0.2, -0.15) is 5.10 Å². The molecule has 2 atom stereocenters. The van der Waals surface area contributed by atoms with Crippen LogP contribution >= 0.6 is 23.4 Å². The SMILES string of the molecule is CN(C)C(=O)CSc1c(F)c(Cl)c(-c2cn3cc(NC(=O)C4CC4F)nc3cn2)c2cn[nH]c12. The third kappa shape index (κ3) is 3.96. The lowest BCUT2D eigenvalue weighted by atomic mass is 10.1. The Morgan fingerprint density at radius 1 is 1.35 bits per heavy atom. The molecule has 1 aliphatic carbocycles. The Balaban J connectivity index is 1.51. The average molecular weight is 506 g/mol. The Morgan fingerprint density at radius 3 is 2.82 bits per heavy atom. The van der Waals surface area contributed by atoms with Gasteiger partial charge in [0.25, 0.3) is 0 Å². The number of amides is 2. The van der Waals surface area contributed by atoms with E-state index in [4.69, 9.17) is 11.6 Å². The first kappa shape index (κ1) is 22.5. The van der Waals surface area contributed by atoms with Crippen molar-refractivity contribution in [2.24, 2.45) is 5.92 Å². The summed E-state index contributed by atoms with van der Waals surface area (Å²) < 4.78 is 30.1. The number of thioether (sulfide) groups is 1. The highest BCUT2D eigenvalue weighted by atomic mass is 35.5. The molecule has 1 aliphatic rings. The molecule has 4 aromatic rings. The first-order chi connectivity index (χ1) is 16.2. The van der Waals surface area contributed by atoms with Crippen molar-refractivity contribution < 1.29 is 18.4 Å². The Bertz CT molecular complexity index is 1450. The van der Waals surface area contributed by atoms with Gasteiger partial charge in [0.1, 0.15) is 6.17 Å². The number of aromatic nitrogens is 5. The number of halogens is 3. The maximum absolute atomic E-state index is 15.3. The molecular weight excluding hydrogens is 488 g/mol. The molecule has 1 saturated carbocycles. The molecule has 0 aliphatic heterocycles. The quantitative estimate of drug-likeness (QED) is 0.388. The summed E-state index contributed by atoms with van der Waals surface area (Å²) in [6, 6.07) is 0. The molecule has 5 rings (SSSR count). The average Bonchev–Trinajstić information content (AvgIpc) is 3.17. The van der Waals surface area contributed by atoms with Crippen LogP contribution in [0.15, 0.2) is 29.7 Å². The zero-order valence-electron chi connectivity index (χ0n) is 18.0. The van der Waals surface area contributed by atoms with Gasteiger partial charge < -0.3 is 14.6 Å².